The maximum atomic E-state index is 13.3. The Morgan fingerprint density at radius 1 is 1.25 bits per heavy atom. The summed E-state index contributed by atoms with van der Waals surface area (Å²) in [4.78, 5) is 22.2. The number of nitrogens with zero attached hydrogens (tertiary/aromatic N) is 5. The molecule has 0 aliphatic carbocycles. The van der Waals surface area contributed by atoms with Gasteiger partial charge >= 0.3 is 0 Å². The van der Waals surface area contributed by atoms with E-state index in [0.29, 0.717) is 28.7 Å². The number of hydrogen-bond donors (Lipinski definition) is 0. The van der Waals surface area contributed by atoms with Gasteiger partial charge in [-0.05, 0) is 32.0 Å². The monoisotopic (exact) mass is 401 g/mol. The van der Waals surface area contributed by atoms with E-state index in [-0.39, 0.29) is 23.3 Å². The maximum Gasteiger partial charge on any atom is 0.278 e. The molecule has 9 heteroatoms. The molecule has 28 heavy (non-hydrogen) atoms. The highest BCUT2D eigenvalue weighted by Gasteiger charge is 2.23. The molecule has 1 unspecified atom stereocenters. The molecule has 0 N–H and O–H groups in total. The van der Waals surface area contributed by atoms with Crippen LogP contribution in [0.4, 0.5) is 0 Å². The van der Waals surface area contributed by atoms with Gasteiger partial charge in [0.25, 0.3) is 5.56 Å². The maximum absolute atomic E-state index is 13.3. The molecular weight excluding hydrogens is 382 g/mol. The van der Waals surface area contributed by atoms with Gasteiger partial charge < -0.3 is 13.8 Å². The lowest BCUT2D eigenvalue weighted by Crippen LogP contribution is -2.24. The molecule has 0 saturated carbocycles. The summed E-state index contributed by atoms with van der Waals surface area (Å²) >= 11 is 6.18. The van der Waals surface area contributed by atoms with Crippen molar-refractivity contribution in [1.29, 1.82) is 0 Å². The Morgan fingerprint density at radius 2 is 2.04 bits per heavy atom. The van der Waals surface area contributed by atoms with Gasteiger partial charge in [0.2, 0.25) is 11.7 Å². The molecule has 0 amide bonds. The molecule has 0 aliphatic heterocycles. The van der Waals surface area contributed by atoms with Crippen LogP contribution in [-0.4, -0.2) is 37.8 Å². The lowest BCUT2D eigenvalue weighted by Gasteiger charge is -2.15. The summed E-state index contributed by atoms with van der Waals surface area (Å²) in [6.45, 7) is 6.28. The average molecular weight is 402 g/mol. The number of hydrogen-bond acceptors (Lipinski definition) is 6. The minimum absolute atomic E-state index is 0.0598. The van der Waals surface area contributed by atoms with Gasteiger partial charge in [0.15, 0.2) is 0 Å². The van der Waals surface area contributed by atoms with Crippen molar-refractivity contribution < 1.29 is 9.26 Å². The SMILES string of the molecule is COCC(C)c1nc(-c2ncn3c2c(=O)n(C(C)C)c2cc(Cl)ccc23)no1. The van der Waals surface area contributed by atoms with Crippen molar-refractivity contribution in [2.45, 2.75) is 32.7 Å². The second-order valence-corrected chi connectivity index (χ2v) is 7.46. The smallest absolute Gasteiger partial charge is 0.278 e. The van der Waals surface area contributed by atoms with Crippen molar-refractivity contribution in [3.05, 3.63) is 45.8 Å². The molecule has 0 fully saturated rings. The predicted molar refractivity (Wildman–Crippen MR) is 106 cm³/mol. The molecule has 4 rings (SSSR count). The average Bonchev–Trinajstić information content (AvgIpc) is 3.29. The highest BCUT2D eigenvalue weighted by Crippen LogP contribution is 2.26. The van der Waals surface area contributed by atoms with Crippen molar-refractivity contribution in [3.8, 4) is 11.5 Å². The summed E-state index contributed by atoms with van der Waals surface area (Å²) in [5.74, 6) is 0.659. The van der Waals surface area contributed by atoms with Gasteiger partial charge in [-0.15, -0.1) is 0 Å². The largest absolute Gasteiger partial charge is 0.384 e. The van der Waals surface area contributed by atoms with Gasteiger partial charge in [0.1, 0.15) is 17.5 Å². The Hall–Kier alpha value is -2.71. The fourth-order valence-electron chi connectivity index (χ4n) is 3.38. The van der Waals surface area contributed by atoms with Crippen LogP contribution >= 0.6 is 11.6 Å². The van der Waals surface area contributed by atoms with Gasteiger partial charge in [-0.25, -0.2) is 4.98 Å². The molecular formula is C19H20ClN5O3. The minimum atomic E-state index is -0.187. The number of aromatic nitrogens is 5. The minimum Gasteiger partial charge on any atom is -0.384 e. The second-order valence-electron chi connectivity index (χ2n) is 7.03. The van der Waals surface area contributed by atoms with Crippen LogP contribution < -0.4 is 5.56 Å². The molecule has 0 bridgehead atoms. The zero-order valence-corrected chi connectivity index (χ0v) is 16.8. The highest BCUT2D eigenvalue weighted by atomic mass is 35.5. The number of halogens is 1. The van der Waals surface area contributed by atoms with Crippen molar-refractivity contribution in [3.63, 3.8) is 0 Å². The zero-order valence-electron chi connectivity index (χ0n) is 16.0. The summed E-state index contributed by atoms with van der Waals surface area (Å²) in [7, 11) is 1.61. The van der Waals surface area contributed by atoms with Gasteiger partial charge in [-0.1, -0.05) is 23.7 Å². The molecule has 0 radical (unpaired) electrons. The van der Waals surface area contributed by atoms with E-state index in [1.165, 1.54) is 0 Å². The first kappa shape index (κ1) is 18.6. The summed E-state index contributed by atoms with van der Waals surface area (Å²) in [5.41, 5.74) is 2.16. The third kappa shape index (κ3) is 2.89. The lowest BCUT2D eigenvalue weighted by molar-refractivity contribution is 0.170. The fourth-order valence-corrected chi connectivity index (χ4v) is 3.55. The van der Waals surface area contributed by atoms with E-state index >= 15 is 0 Å². The number of imidazole rings is 1. The van der Waals surface area contributed by atoms with E-state index in [2.05, 4.69) is 15.1 Å². The summed E-state index contributed by atoms with van der Waals surface area (Å²) in [6.07, 6.45) is 1.60. The Labute approximate surface area is 165 Å². The van der Waals surface area contributed by atoms with Crippen LogP contribution in [0.2, 0.25) is 5.02 Å². The summed E-state index contributed by atoms with van der Waals surface area (Å²) < 4.78 is 13.9. The van der Waals surface area contributed by atoms with Crippen LogP contribution in [0.1, 0.15) is 38.6 Å². The van der Waals surface area contributed by atoms with Crippen molar-refractivity contribution in [2.24, 2.45) is 0 Å². The predicted octanol–water partition coefficient (Wildman–Crippen LogP) is 3.68. The topological polar surface area (TPSA) is 87.5 Å². The van der Waals surface area contributed by atoms with E-state index in [1.54, 1.807) is 34.5 Å². The number of ether oxygens (including phenoxy) is 1. The molecule has 0 spiro atoms. The summed E-state index contributed by atoms with van der Waals surface area (Å²) in [5, 5.41) is 4.60. The van der Waals surface area contributed by atoms with Gasteiger partial charge in [0.05, 0.1) is 23.6 Å². The first-order valence-electron chi connectivity index (χ1n) is 8.96. The van der Waals surface area contributed by atoms with Crippen LogP contribution in [0, 0.1) is 0 Å². The lowest BCUT2D eigenvalue weighted by atomic mass is 10.2. The molecule has 8 nitrogen and oxygen atoms in total. The molecule has 146 valence electrons. The normalized spacial score (nSPS) is 13.1. The molecule has 1 aromatic carbocycles. The molecule has 3 heterocycles. The van der Waals surface area contributed by atoms with Crippen LogP contribution in [0.5, 0.6) is 0 Å². The van der Waals surface area contributed by atoms with Crippen LogP contribution in [0.3, 0.4) is 0 Å². The fraction of sp³-hybridized carbons (Fsp3) is 0.368. The van der Waals surface area contributed by atoms with E-state index in [0.717, 1.165) is 11.0 Å². The van der Waals surface area contributed by atoms with Crippen molar-refractivity contribution >= 4 is 28.2 Å². The molecule has 0 saturated heterocycles. The quantitative estimate of drug-likeness (QED) is 0.507. The molecule has 3 aromatic heterocycles. The van der Waals surface area contributed by atoms with Crippen molar-refractivity contribution in [2.75, 3.05) is 13.7 Å². The third-order valence-corrected chi connectivity index (χ3v) is 4.89. The second kappa shape index (κ2) is 7.03. The van der Waals surface area contributed by atoms with E-state index in [9.17, 15) is 4.79 Å². The van der Waals surface area contributed by atoms with Gasteiger partial charge in [-0.3, -0.25) is 9.20 Å². The van der Waals surface area contributed by atoms with Crippen LogP contribution in [0.25, 0.3) is 28.1 Å². The first-order valence-corrected chi connectivity index (χ1v) is 9.34. The zero-order chi connectivity index (χ0) is 20.0. The van der Waals surface area contributed by atoms with E-state index < -0.39 is 0 Å². The standard InChI is InChI=1S/C19H20ClN5O3/c1-10(2)25-14-7-12(20)5-6-13(14)24-9-21-15(16(24)19(25)26)17-22-18(28-23-17)11(3)8-27-4/h5-7,9-11H,8H2,1-4H3. The number of benzene rings is 1. The number of rotatable bonds is 5. The number of methoxy groups -OCH3 is 1. The molecule has 1 atom stereocenters. The Kier molecular flexibility index (Phi) is 4.68. The Morgan fingerprint density at radius 3 is 2.75 bits per heavy atom. The number of fused-ring (bicyclic) bond motifs is 3. The van der Waals surface area contributed by atoms with Crippen LogP contribution in [-0.2, 0) is 4.74 Å². The van der Waals surface area contributed by atoms with Crippen molar-refractivity contribution in [1.82, 2.24) is 24.1 Å². The summed E-state index contributed by atoms with van der Waals surface area (Å²) in [6, 6.07) is 5.38. The molecule has 4 aromatic rings. The third-order valence-electron chi connectivity index (χ3n) is 4.65. The highest BCUT2D eigenvalue weighted by molar-refractivity contribution is 6.31. The molecule has 0 aliphatic rings. The van der Waals surface area contributed by atoms with Crippen LogP contribution in [0.15, 0.2) is 33.8 Å². The Bertz CT molecular complexity index is 1220. The van der Waals surface area contributed by atoms with Gasteiger partial charge in [0, 0.05) is 18.2 Å². The van der Waals surface area contributed by atoms with Gasteiger partial charge in [-0.2, -0.15) is 4.98 Å². The Balaban J connectivity index is 1.99. The van der Waals surface area contributed by atoms with E-state index in [4.69, 9.17) is 20.9 Å². The van der Waals surface area contributed by atoms with E-state index in [1.807, 2.05) is 26.8 Å². The first-order chi connectivity index (χ1) is 13.4.